The average Bonchev–Trinajstić information content (AvgIpc) is 2.78. The molecule has 2 aliphatic rings. The molecule has 4 heteroatoms. The number of hydrogen-bond donors (Lipinski definition) is 1. The first-order chi connectivity index (χ1) is 14.6. The van der Waals surface area contributed by atoms with Crippen molar-refractivity contribution in [3.8, 4) is 11.5 Å². The lowest BCUT2D eigenvalue weighted by Crippen LogP contribution is -2.56. The third-order valence-corrected chi connectivity index (χ3v) is 6.44. The first-order valence-electron chi connectivity index (χ1n) is 10.3. The molecule has 0 radical (unpaired) electrons. The molecule has 5 rings (SSSR count). The summed E-state index contributed by atoms with van der Waals surface area (Å²) in [5.41, 5.74) is 2.96. The molecule has 1 heterocycles. The van der Waals surface area contributed by atoms with E-state index in [-0.39, 0.29) is 17.6 Å². The Bertz CT molecular complexity index is 1060. The van der Waals surface area contributed by atoms with Crippen molar-refractivity contribution in [1.29, 1.82) is 0 Å². The van der Waals surface area contributed by atoms with E-state index in [1.807, 2.05) is 78.9 Å². The molecule has 0 saturated heterocycles. The standard InChI is InChI=1S/C26H24O4/c1-29-20-13-11-18(12-14-20)24-21-9-5-6-10-23(21)30-26(28)16-19(15-22(27)25(24)26)17-7-3-2-4-8-17/h2-14,19,24-25,28H,15-16H2,1H3/t19-,24-,25-,26?/m0/s1. The Labute approximate surface area is 176 Å². The smallest absolute Gasteiger partial charge is 0.219 e. The number of Topliss-reactive ketones (excluding diaryl/α,β-unsaturated/α-hetero) is 1. The van der Waals surface area contributed by atoms with Crippen LogP contribution in [0.2, 0.25) is 0 Å². The Morgan fingerprint density at radius 1 is 0.933 bits per heavy atom. The second-order valence-corrected chi connectivity index (χ2v) is 8.20. The second kappa shape index (κ2) is 7.29. The van der Waals surface area contributed by atoms with Crippen molar-refractivity contribution in [2.24, 2.45) is 5.92 Å². The first-order valence-corrected chi connectivity index (χ1v) is 10.3. The zero-order valence-corrected chi connectivity index (χ0v) is 16.8. The largest absolute Gasteiger partial charge is 0.497 e. The van der Waals surface area contributed by atoms with Crippen LogP contribution < -0.4 is 9.47 Å². The minimum absolute atomic E-state index is 0.0351. The number of benzene rings is 3. The number of fused-ring (bicyclic) bond motifs is 2. The van der Waals surface area contributed by atoms with E-state index in [1.54, 1.807) is 7.11 Å². The summed E-state index contributed by atoms with van der Waals surface area (Å²) in [6.07, 6.45) is 0.781. The number of para-hydroxylation sites is 1. The molecule has 4 atom stereocenters. The number of methoxy groups -OCH3 is 1. The van der Waals surface area contributed by atoms with E-state index < -0.39 is 11.7 Å². The van der Waals surface area contributed by atoms with Gasteiger partial charge in [0, 0.05) is 24.3 Å². The van der Waals surface area contributed by atoms with E-state index in [2.05, 4.69) is 0 Å². The topological polar surface area (TPSA) is 55.8 Å². The van der Waals surface area contributed by atoms with Gasteiger partial charge in [0.25, 0.3) is 0 Å². The number of aliphatic hydroxyl groups is 1. The zero-order valence-electron chi connectivity index (χ0n) is 16.8. The van der Waals surface area contributed by atoms with E-state index >= 15 is 0 Å². The van der Waals surface area contributed by atoms with E-state index in [0.29, 0.717) is 18.6 Å². The fraction of sp³-hybridized carbons (Fsp3) is 0.269. The summed E-state index contributed by atoms with van der Waals surface area (Å²) in [4.78, 5) is 13.5. The highest BCUT2D eigenvalue weighted by Crippen LogP contribution is 2.54. The van der Waals surface area contributed by atoms with Crippen LogP contribution in [0.1, 0.15) is 41.4 Å². The van der Waals surface area contributed by atoms with Gasteiger partial charge in [-0.1, -0.05) is 60.7 Å². The van der Waals surface area contributed by atoms with Gasteiger partial charge in [0.1, 0.15) is 17.3 Å². The molecule has 1 unspecified atom stereocenters. The Morgan fingerprint density at radius 2 is 1.63 bits per heavy atom. The number of hydrogen-bond acceptors (Lipinski definition) is 4. The van der Waals surface area contributed by atoms with Crippen molar-refractivity contribution in [3.05, 3.63) is 95.6 Å². The molecule has 30 heavy (non-hydrogen) atoms. The molecule has 3 aromatic carbocycles. The molecule has 1 N–H and O–H groups in total. The van der Waals surface area contributed by atoms with Gasteiger partial charge in [-0.2, -0.15) is 0 Å². The number of carbonyl (C=O) groups is 1. The molecule has 3 aromatic rings. The van der Waals surface area contributed by atoms with Gasteiger partial charge >= 0.3 is 0 Å². The Kier molecular flexibility index (Phi) is 4.59. The van der Waals surface area contributed by atoms with E-state index in [0.717, 1.165) is 22.4 Å². The van der Waals surface area contributed by atoms with E-state index in [4.69, 9.17) is 9.47 Å². The SMILES string of the molecule is COc1ccc([C@H]2c3ccccc3OC3(O)C[C@@H](c4ccccc4)CC(=O)[C@@H]23)cc1. The predicted octanol–water partition coefficient (Wildman–Crippen LogP) is 4.67. The Hall–Kier alpha value is -3.11. The molecule has 0 bridgehead atoms. The monoisotopic (exact) mass is 400 g/mol. The normalized spacial score (nSPS) is 27.5. The quantitative estimate of drug-likeness (QED) is 0.694. The van der Waals surface area contributed by atoms with E-state index in [1.165, 1.54) is 0 Å². The molecule has 1 saturated carbocycles. The molecular formula is C26H24O4. The summed E-state index contributed by atoms with van der Waals surface area (Å²) >= 11 is 0. The van der Waals surface area contributed by atoms with Gasteiger partial charge in [-0.3, -0.25) is 4.79 Å². The van der Waals surface area contributed by atoms with Crippen LogP contribution in [0, 0.1) is 5.92 Å². The molecule has 1 fully saturated rings. The van der Waals surface area contributed by atoms with Crippen LogP contribution in [-0.4, -0.2) is 23.8 Å². The summed E-state index contributed by atoms with van der Waals surface area (Å²) in [6.45, 7) is 0. The van der Waals surface area contributed by atoms with Crippen molar-refractivity contribution in [2.75, 3.05) is 7.11 Å². The fourth-order valence-corrected chi connectivity index (χ4v) is 5.07. The van der Waals surface area contributed by atoms with E-state index in [9.17, 15) is 9.90 Å². The Morgan fingerprint density at radius 3 is 2.37 bits per heavy atom. The first kappa shape index (κ1) is 18.9. The summed E-state index contributed by atoms with van der Waals surface area (Å²) in [5.74, 6) is -1.10. The third-order valence-electron chi connectivity index (χ3n) is 6.44. The van der Waals surface area contributed by atoms with Crippen molar-refractivity contribution in [2.45, 2.75) is 30.5 Å². The fourth-order valence-electron chi connectivity index (χ4n) is 5.07. The van der Waals surface area contributed by atoms with Crippen LogP contribution >= 0.6 is 0 Å². The van der Waals surface area contributed by atoms with Gasteiger partial charge in [-0.05, 0) is 35.2 Å². The van der Waals surface area contributed by atoms with Crippen LogP contribution in [0.3, 0.4) is 0 Å². The summed E-state index contributed by atoms with van der Waals surface area (Å²) in [7, 11) is 1.63. The lowest BCUT2D eigenvalue weighted by molar-refractivity contribution is -0.209. The summed E-state index contributed by atoms with van der Waals surface area (Å²) in [6, 6.07) is 25.4. The van der Waals surface area contributed by atoms with Gasteiger partial charge in [0.15, 0.2) is 0 Å². The maximum atomic E-state index is 13.5. The third kappa shape index (κ3) is 3.08. The second-order valence-electron chi connectivity index (χ2n) is 8.20. The molecule has 0 aromatic heterocycles. The number of ether oxygens (including phenoxy) is 2. The molecule has 0 spiro atoms. The van der Waals surface area contributed by atoms with Gasteiger partial charge in [0.2, 0.25) is 5.79 Å². The lowest BCUT2D eigenvalue weighted by Gasteiger charge is -2.49. The number of rotatable bonds is 3. The maximum Gasteiger partial charge on any atom is 0.219 e. The highest BCUT2D eigenvalue weighted by Gasteiger charge is 2.56. The minimum Gasteiger partial charge on any atom is -0.497 e. The van der Waals surface area contributed by atoms with Crippen LogP contribution in [0.4, 0.5) is 0 Å². The van der Waals surface area contributed by atoms with Crippen molar-refractivity contribution in [3.63, 3.8) is 0 Å². The zero-order chi connectivity index (χ0) is 20.7. The van der Waals surface area contributed by atoms with Gasteiger partial charge in [0.05, 0.1) is 13.0 Å². The number of ketones is 1. The molecule has 0 amide bonds. The van der Waals surface area contributed by atoms with Crippen LogP contribution in [0.15, 0.2) is 78.9 Å². The van der Waals surface area contributed by atoms with Gasteiger partial charge in [-0.15, -0.1) is 0 Å². The number of carbonyl (C=O) groups excluding carboxylic acids is 1. The maximum absolute atomic E-state index is 13.5. The predicted molar refractivity (Wildman–Crippen MR) is 114 cm³/mol. The molecule has 152 valence electrons. The molecule has 1 aliphatic heterocycles. The summed E-state index contributed by atoms with van der Waals surface area (Å²) in [5, 5.41) is 11.7. The van der Waals surface area contributed by atoms with Gasteiger partial charge in [-0.25, -0.2) is 0 Å². The lowest BCUT2D eigenvalue weighted by atomic mass is 9.64. The summed E-state index contributed by atoms with van der Waals surface area (Å²) < 4.78 is 11.4. The van der Waals surface area contributed by atoms with Crippen molar-refractivity contribution in [1.82, 2.24) is 0 Å². The highest BCUT2D eigenvalue weighted by atomic mass is 16.6. The van der Waals surface area contributed by atoms with Gasteiger partial charge < -0.3 is 14.6 Å². The average molecular weight is 400 g/mol. The van der Waals surface area contributed by atoms with Crippen molar-refractivity contribution < 1.29 is 19.4 Å². The van der Waals surface area contributed by atoms with Crippen LogP contribution in [-0.2, 0) is 4.79 Å². The van der Waals surface area contributed by atoms with Crippen molar-refractivity contribution >= 4 is 5.78 Å². The van der Waals surface area contributed by atoms with Crippen LogP contribution in [0.5, 0.6) is 11.5 Å². The Balaban J connectivity index is 1.60. The molecule has 1 aliphatic carbocycles. The highest BCUT2D eigenvalue weighted by molar-refractivity contribution is 5.86. The minimum atomic E-state index is -1.55. The van der Waals surface area contributed by atoms with Crippen LogP contribution in [0.25, 0.3) is 0 Å². The molecular weight excluding hydrogens is 376 g/mol. The molecule has 4 nitrogen and oxygen atoms in total.